The minimum Gasteiger partial charge on any atom is -0.360 e. The van der Waals surface area contributed by atoms with Crippen molar-refractivity contribution in [3.05, 3.63) is 78.7 Å². The van der Waals surface area contributed by atoms with Gasteiger partial charge < -0.3 is 9.84 Å². The van der Waals surface area contributed by atoms with Crippen molar-refractivity contribution >= 4 is 23.4 Å². The Bertz CT molecular complexity index is 1000. The fourth-order valence-electron chi connectivity index (χ4n) is 2.52. The van der Waals surface area contributed by atoms with E-state index in [1.165, 1.54) is 0 Å². The van der Waals surface area contributed by atoms with Gasteiger partial charge in [-0.2, -0.15) is 0 Å². The number of aromatic nitrogens is 3. The van der Waals surface area contributed by atoms with E-state index in [0.29, 0.717) is 5.95 Å². The summed E-state index contributed by atoms with van der Waals surface area (Å²) in [4.78, 5) is 10.0. The van der Waals surface area contributed by atoms with E-state index in [9.17, 15) is 0 Å². The number of hydrogen-bond acceptors (Lipinski definition) is 6. The van der Waals surface area contributed by atoms with Crippen LogP contribution in [0, 0.1) is 6.92 Å². The van der Waals surface area contributed by atoms with E-state index in [2.05, 4.69) is 20.4 Å². The normalized spacial score (nSPS) is 10.7. The molecule has 0 bridgehead atoms. The molecule has 0 fully saturated rings. The van der Waals surface area contributed by atoms with Gasteiger partial charge in [-0.3, -0.25) is 0 Å². The van der Waals surface area contributed by atoms with E-state index < -0.39 is 0 Å². The lowest BCUT2D eigenvalue weighted by Gasteiger charge is -2.07. The van der Waals surface area contributed by atoms with Gasteiger partial charge in [-0.25, -0.2) is 9.97 Å². The number of nitrogens with zero attached hydrogens (tertiary/aromatic N) is 3. The third-order valence-electron chi connectivity index (χ3n) is 3.73. The Morgan fingerprint density at radius 2 is 1.65 bits per heavy atom. The van der Waals surface area contributed by atoms with Gasteiger partial charge in [0.25, 0.3) is 0 Å². The molecule has 0 radical (unpaired) electrons. The molecule has 2 aromatic carbocycles. The van der Waals surface area contributed by atoms with Crippen LogP contribution in [0.3, 0.4) is 0 Å². The first-order valence-corrected chi connectivity index (χ1v) is 8.96. The molecule has 0 aliphatic heterocycles. The Morgan fingerprint density at radius 3 is 2.42 bits per heavy atom. The minimum atomic E-state index is 0.532. The zero-order valence-corrected chi connectivity index (χ0v) is 14.9. The first-order chi connectivity index (χ1) is 12.8. The molecule has 0 amide bonds. The molecule has 0 aliphatic carbocycles. The van der Waals surface area contributed by atoms with Crippen molar-refractivity contribution in [2.24, 2.45) is 0 Å². The number of aryl methyl sites for hydroxylation is 1. The number of anilines is 2. The molecule has 0 saturated heterocycles. The van der Waals surface area contributed by atoms with Crippen LogP contribution in [0.2, 0.25) is 0 Å². The predicted octanol–water partition coefficient (Wildman–Crippen LogP) is 5.33. The van der Waals surface area contributed by atoms with Crippen LogP contribution in [0.1, 0.15) is 5.76 Å². The summed E-state index contributed by atoms with van der Waals surface area (Å²) in [5, 5.41) is 8.21. The van der Waals surface area contributed by atoms with Crippen molar-refractivity contribution in [3.8, 4) is 11.3 Å². The first kappa shape index (κ1) is 16.4. The van der Waals surface area contributed by atoms with Gasteiger partial charge in [0.05, 0.1) is 11.3 Å². The summed E-state index contributed by atoms with van der Waals surface area (Å²) in [6, 6.07) is 21.8. The molecule has 4 aromatic rings. The van der Waals surface area contributed by atoms with E-state index in [1.807, 2.05) is 73.7 Å². The predicted molar refractivity (Wildman–Crippen MR) is 103 cm³/mol. The van der Waals surface area contributed by atoms with Gasteiger partial charge in [-0.05, 0) is 37.3 Å². The molecule has 128 valence electrons. The van der Waals surface area contributed by atoms with Gasteiger partial charge in [0.1, 0.15) is 5.76 Å². The molecular formula is C20H16N4OS. The largest absolute Gasteiger partial charge is 0.360 e. The van der Waals surface area contributed by atoms with Crippen LogP contribution in [0.5, 0.6) is 0 Å². The Labute approximate surface area is 155 Å². The molecule has 0 atom stereocenters. The molecule has 0 aliphatic rings. The van der Waals surface area contributed by atoms with Crippen molar-refractivity contribution in [1.82, 2.24) is 15.1 Å². The molecule has 26 heavy (non-hydrogen) atoms. The summed E-state index contributed by atoms with van der Waals surface area (Å²) in [6.07, 6.45) is 1.73. The molecule has 0 spiro atoms. The van der Waals surface area contributed by atoms with E-state index in [0.717, 1.165) is 32.6 Å². The van der Waals surface area contributed by atoms with Crippen LogP contribution in [-0.2, 0) is 0 Å². The topological polar surface area (TPSA) is 63.8 Å². The van der Waals surface area contributed by atoms with Gasteiger partial charge >= 0.3 is 0 Å². The van der Waals surface area contributed by atoms with Crippen molar-refractivity contribution in [1.29, 1.82) is 0 Å². The highest BCUT2D eigenvalue weighted by molar-refractivity contribution is 7.99. The summed E-state index contributed by atoms with van der Waals surface area (Å²) < 4.78 is 5.43. The molecule has 0 saturated carbocycles. The lowest BCUT2D eigenvalue weighted by molar-refractivity contribution is 0.384. The monoisotopic (exact) mass is 360 g/mol. The molecule has 2 heterocycles. The smallest absolute Gasteiger partial charge is 0.227 e. The molecule has 5 nitrogen and oxygen atoms in total. The molecule has 6 heteroatoms. The zero-order valence-electron chi connectivity index (χ0n) is 14.1. The maximum absolute atomic E-state index is 5.43. The Hall–Kier alpha value is -3.12. The molecule has 0 unspecified atom stereocenters. The van der Waals surface area contributed by atoms with E-state index in [4.69, 9.17) is 4.52 Å². The summed E-state index contributed by atoms with van der Waals surface area (Å²) in [6.45, 7) is 1.89. The average Bonchev–Trinajstić information content (AvgIpc) is 3.04. The quantitative estimate of drug-likeness (QED) is 0.519. The van der Waals surface area contributed by atoms with Crippen LogP contribution in [0.4, 0.5) is 11.6 Å². The van der Waals surface area contributed by atoms with Gasteiger partial charge in [-0.15, -0.1) is 0 Å². The van der Waals surface area contributed by atoms with Gasteiger partial charge in [-0.1, -0.05) is 53.3 Å². The van der Waals surface area contributed by atoms with Crippen molar-refractivity contribution < 1.29 is 4.52 Å². The highest BCUT2D eigenvalue weighted by Gasteiger charge is 2.18. The fraction of sp³-hybridized carbons (Fsp3) is 0.0500. The van der Waals surface area contributed by atoms with E-state index >= 15 is 0 Å². The second kappa shape index (κ2) is 7.41. The number of benzene rings is 2. The summed E-state index contributed by atoms with van der Waals surface area (Å²) >= 11 is 1.55. The SMILES string of the molecule is Cc1onc(Sc2ccccc2)c1-c1ccnc(Nc2ccccc2)n1. The minimum absolute atomic E-state index is 0.532. The van der Waals surface area contributed by atoms with Gasteiger partial charge in [0, 0.05) is 16.8 Å². The summed E-state index contributed by atoms with van der Waals surface area (Å²) in [7, 11) is 0. The van der Waals surface area contributed by atoms with Crippen molar-refractivity contribution in [2.45, 2.75) is 16.8 Å². The van der Waals surface area contributed by atoms with Crippen molar-refractivity contribution in [3.63, 3.8) is 0 Å². The van der Waals surface area contributed by atoms with Crippen LogP contribution in [0.15, 0.2) is 87.4 Å². The van der Waals surface area contributed by atoms with Crippen LogP contribution in [-0.4, -0.2) is 15.1 Å². The number of para-hydroxylation sites is 1. The van der Waals surface area contributed by atoms with E-state index in [-0.39, 0.29) is 0 Å². The Morgan fingerprint density at radius 1 is 0.923 bits per heavy atom. The van der Waals surface area contributed by atoms with Crippen molar-refractivity contribution in [2.75, 3.05) is 5.32 Å². The molecule has 4 rings (SSSR count). The maximum Gasteiger partial charge on any atom is 0.227 e. The second-order valence-electron chi connectivity index (χ2n) is 5.59. The zero-order chi connectivity index (χ0) is 17.8. The lowest BCUT2D eigenvalue weighted by atomic mass is 10.2. The Kier molecular flexibility index (Phi) is 4.66. The third kappa shape index (κ3) is 3.60. The highest BCUT2D eigenvalue weighted by Crippen LogP contribution is 2.36. The average molecular weight is 360 g/mol. The highest BCUT2D eigenvalue weighted by atomic mass is 32.2. The maximum atomic E-state index is 5.43. The molecular weight excluding hydrogens is 344 g/mol. The van der Waals surface area contributed by atoms with Crippen LogP contribution >= 0.6 is 11.8 Å². The third-order valence-corrected chi connectivity index (χ3v) is 4.71. The fourth-order valence-corrected chi connectivity index (χ4v) is 3.46. The summed E-state index contributed by atoms with van der Waals surface area (Å²) in [5.74, 6) is 1.26. The number of rotatable bonds is 5. The summed E-state index contributed by atoms with van der Waals surface area (Å²) in [5.41, 5.74) is 2.60. The lowest BCUT2D eigenvalue weighted by Crippen LogP contribution is -1.98. The number of hydrogen-bond donors (Lipinski definition) is 1. The first-order valence-electron chi connectivity index (χ1n) is 8.14. The van der Waals surface area contributed by atoms with Gasteiger partial charge in [0.15, 0.2) is 5.03 Å². The number of nitrogens with one attached hydrogen (secondary N) is 1. The molecule has 2 aromatic heterocycles. The van der Waals surface area contributed by atoms with Crippen LogP contribution < -0.4 is 5.32 Å². The van der Waals surface area contributed by atoms with Crippen LogP contribution in [0.25, 0.3) is 11.3 Å². The Balaban J connectivity index is 1.65. The molecule has 1 N–H and O–H groups in total. The second-order valence-corrected chi connectivity index (χ2v) is 6.65. The standard InChI is InChI=1S/C20H16N4OS/c1-14-18(19(24-25-14)26-16-10-6-3-7-11-16)17-12-13-21-20(23-17)22-15-8-4-2-5-9-15/h2-13H,1H3,(H,21,22,23). The van der Waals surface area contributed by atoms with E-state index in [1.54, 1.807) is 18.0 Å². The van der Waals surface area contributed by atoms with Gasteiger partial charge in [0.2, 0.25) is 5.95 Å².